The molecule has 0 saturated heterocycles. The highest BCUT2D eigenvalue weighted by Crippen LogP contribution is 2.42. The fourth-order valence-electron chi connectivity index (χ4n) is 7.59. The summed E-state index contributed by atoms with van der Waals surface area (Å²) in [6.07, 6.45) is 0. The lowest BCUT2D eigenvalue weighted by atomic mass is 9.98. The largest absolute Gasteiger partial charge is 0.456 e. The number of hydrogen-bond acceptors (Lipinski definition) is 3. The maximum atomic E-state index is 6.63. The highest BCUT2D eigenvalue weighted by Gasteiger charge is 2.20. The molecule has 0 fully saturated rings. The molecule has 0 amide bonds. The predicted molar refractivity (Wildman–Crippen MR) is 188 cm³/mol. The minimum Gasteiger partial charge on any atom is -0.456 e. The standard InChI is InChI=1S/C42H23NO3/c1-4-12-34-27(8-1)31-20-21-32-28-9-2-5-13-35(28)46-42(32)41(31)43(34)25-17-19-30-29-18-16-24(22-38(29)45-39(30)23-25)26-11-7-15-37-40(26)33-10-3-6-14-36(33)44-37/h1-23H. The summed E-state index contributed by atoms with van der Waals surface area (Å²) in [4.78, 5) is 0. The van der Waals surface area contributed by atoms with Crippen LogP contribution in [0.4, 0.5) is 0 Å². The van der Waals surface area contributed by atoms with E-state index in [1.54, 1.807) is 0 Å². The van der Waals surface area contributed by atoms with E-state index in [1.807, 2.05) is 30.3 Å². The summed E-state index contributed by atoms with van der Waals surface area (Å²) in [5.74, 6) is 0. The summed E-state index contributed by atoms with van der Waals surface area (Å²) in [7, 11) is 0. The molecule has 46 heavy (non-hydrogen) atoms. The van der Waals surface area contributed by atoms with E-state index >= 15 is 0 Å². The molecule has 4 aromatic heterocycles. The van der Waals surface area contributed by atoms with E-state index in [0.717, 1.165) is 99.0 Å². The van der Waals surface area contributed by atoms with E-state index in [4.69, 9.17) is 13.3 Å². The van der Waals surface area contributed by atoms with Crippen LogP contribution in [0.3, 0.4) is 0 Å². The zero-order valence-corrected chi connectivity index (χ0v) is 24.5. The summed E-state index contributed by atoms with van der Waals surface area (Å²) in [5, 5.41) is 9.02. The lowest BCUT2D eigenvalue weighted by Crippen LogP contribution is -1.93. The molecule has 11 rings (SSSR count). The van der Waals surface area contributed by atoms with E-state index in [2.05, 4.69) is 114 Å². The lowest BCUT2D eigenvalue weighted by molar-refractivity contribution is 0.667. The Morgan fingerprint density at radius 3 is 1.91 bits per heavy atom. The molecule has 4 heteroatoms. The number of rotatable bonds is 2. The fourth-order valence-corrected chi connectivity index (χ4v) is 7.59. The molecule has 0 aliphatic heterocycles. The van der Waals surface area contributed by atoms with Gasteiger partial charge >= 0.3 is 0 Å². The van der Waals surface area contributed by atoms with Crippen LogP contribution >= 0.6 is 0 Å². The van der Waals surface area contributed by atoms with Crippen LogP contribution in [0.1, 0.15) is 0 Å². The first kappa shape index (κ1) is 24.1. The van der Waals surface area contributed by atoms with Crippen molar-refractivity contribution in [3.63, 3.8) is 0 Å². The Morgan fingerprint density at radius 2 is 1.02 bits per heavy atom. The maximum Gasteiger partial charge on any atom is 0.160 e. The Hall–Kier alpha value is -6.26. The van der Waals surface area contributed by atoms with E-state index in [1.165, 1.54) is 5.39 Å². The first-order chi connectivity index (χ1) is 22.8. The molecule has 214 valence electrons. The van der Waals surface area contributed by atoms with Crippen LogP contribution in [0.2, 0.25) is 0 Å². The van der Waals surface area contributed by atoms with Crippen LogP contribution in [-0.4, -0.2) is 4.57 Å². The van der Waals surface area contributed by atoms with Crippen molar-refractivity contribution in [1.29, 1.82) is 0 Å². The number of nitrogens with zero attached hydrogens (tertiary/aromatic N) is 1. The van der Waals surface area contributed by atoms with Crippen LogP contribution in [0, 0.1) is 0 Å². The Labute approximate surface area is 261 Å². The Kier molecular flexibility index (Phi) is 4.55. The number of fused-ring (bicyclic) bond motifs is 13. The van der Waals surface area contributed by atoms with Gasteiger partial charge in [0.05, 0.1) is 16.7 Å². The van der Waals surface area contributed by atoms with Gasteiger partial charge in [0.25, 0.3) is 0 Å². The first-order valence-corrected chi connectivity index (χ1v) is 15.5. The number of furan rings is 3. The quantitative estimate of drug-likeness (QED) is 0.201. The van der Waals surface area contributed by atoms with Gasteiger partial charge in [-0.3, -0.25) is 0 Å². The zero-order chi connectivity index (χ0) is 29.9. The van der Waals surface area contributed by atoms with Gasteiger partial charge in [0.1, 0.15) is 27.9 Å². The highest BCUT2D eigenvalue weighted by molar-refractivity contribution is 6.21. The fraction of sp³-hybridized carbons (Fsp3) is 0. The summed E-state index contributed by atoms with van der Waals surface area (Å²) >= 11 is 0. The van der Waals surface area contributed by atoms with E-state index in [-0.39, 0.29) is 0 Å². The normalized spacial score (nSPS) is 12.3. The third-order valence-corrected chi connectivity index (χ3v) is 9.61. The smallest absolute Gasteiger partial charge is 0.160 e. The Morgan fingerprint density at radius 1 is 0.391 bits per heavy atom. The lowest BCUT2D eigenvalue weighted by Gasteiger charge is -2.08. The molecule has 7 aromatic carbocycles. The highest BCUT2D eigenvalue weighted by atomic mass is 16.3. The van der Waals surface area contributed by atoms with Crippen molar-refractivity contribution in [3.05, 3.63) is 140 Å². The van der Waals surface area contributed by atoms with Gasteiger partial charge < -0.3 is 17.8 Å². The minimum absolute atomic E-state index is 0.847. The number of aromatic nitrogens is 1. The number of benzene rings is 7. The monoisotopic (exact) mass is 589 g/mol. The van der Waals surface area contributed by atoms with Gasteiger partial charge in [0, 0.05) is 49.2 Å². The predicted octanol–water partition coefficient (Wildman–Crippen LogP) is 12.1. The second-order valence-electron chi connectivity index (χ2n) is 12.1. The summed E-state index contributed by atoms with van der Waals surface area (Å²) < 4.78 is 21.7. The average molecular weight is 590 g/mol. The molecule has 11 aromatic rings. The van der Waals surface area contributed by atoms with Crippen LogP contribution in [0.5, 0.6) is 0 Å². The van der Waals surface area contributed by atoms with Crippen LogP contribution in [0.25, 0.3) is 104 Å². The second kappa shape index (κ2) is 8.68. The van der Waals surface area contributed by atoms with Gasteiger partial charge in [-0.2, -0.15) is 0 Å². The molecule has 0 unspecified atom stereocenters. The minimum atomic E-state index is 0.847. The SMILES string of the molecule is c1ccc2c(c1)oc1c2ccc2c3ccccc3n(-c3ccc4c(c3)oc3cc(-c5cccc6oc7ccccc7c56)ccc34)c21. The van der Waals surface area contributed by atoms with Crippen molar-refractivity contribution >= 4 is 87.6 Å². The van der Waals surface area contributed by atoms with Crippen molar-refractivity contribution in [3.8, 4) is 16.8 Å². The van der Waals surface area contributed by atoms with Gasteiger partial charge in [-0.05, 0) is 65.7 Å². The van der Waals surface area contributed by atoms with E-state index in [9.17, 15) is 0 Å². The Bertz CT molecular complexity index is 3040. The third kappa shape index (κ3) is 3.12. The Balaban J connectivity index is 1.14. The van der Waals surface area contributed by atoms with E-state index < -0.39 is 0 Å². The van der Waals surface area contributed by atoms with Crippen LogP contribution < -0.4 is 0 Å². The number of hydrogen-bond donors (Lipinski definition) is 0. The summed E-state index contributed by atoms with van der Waals surface area (Å²) in [6.45, 7) is 0. The van der Waals surface area contributed by atoms with Crippen molar-refractivity contribution in [1.82, 2.24) is 4.57 Å². The molecule has 0 aliphatic rings. The van der Waals surface area contributed by atoms with Gasteiger partial charge in [0.15, 0.2) is 5.58 Å². The molecular formula is C42H23NO3. The number of para-hydroxylation sites is 3. The molecule has 0 radical (unpaired) electrons. The molecule has 0 spiro atoms. The average Bonchev–Trinajstić information content (AvgIpc) is 3.86. The second-order valence-corrected chi connectivity index (χ2v) is 12.1. The van der Waals surface area contributed by atoms with Crippen molar-refractivity contribution in [2.24, 2.45) is 0 Å². The molecule has 4 nitrogen and oxygen atoms in total. The van der Waals surface area contributed by atoms with Crippen LogP contribution in [-0.2, 0) is 0 Å². The zero-order valence-electron chi connectivity index (χ0n) is 24.5. The molecule has 0 saturated carbocycles. The van der Waals surface area contributed by atoms with E-state index in [0.29, 0.717) is 0 Å². The molecule has 4 heterocycles. The van der Waals surface area contributed by atoms with Crippen molar-refractivity contribution in [2.75, 3.05) is 0 Å². The molecule has 0 aliphatic carbocycles. The van der Waals surface area contributed by atoms with Gasteiger partial charge in [-0.1, -0.05) is 78.9 Å². The topological polar surface area (TPSA) is 44.4 Å². The van der Waals surface area contributed by atoms with Gasteiger partial charge in [-0.25, -0.2) is 0 Å². The molecule has 0 N–H and O–H groups in total. The molecule has 0 atom stereocenters. The summed E-state index contributed by atoms with van der Waals surface area (Å²) in [5.41, 5.74) is 10.7. The summed E-state index contributed by atoms with van der Waals surface area (Å²) in [6, 6.07) is 48.8. The molecular weight excluding hydrogens is 566 g/mol. The van der Waals surface area contributed by atoms with Gasteiger partial charge in [-0.15, -0.1) is 0 Å². The van der Waals surface area contributed by atoms with Crippen molar-refractivity contribution < 1.29 is 13.3 Å². The van der Waals surface area contributed by atoms with Gasteiger partial charge in [0.2, 0.25) is 0 Å². The molecule has 0 bridgehead atoms. The van der Waals surface area contributed by atoms with Crippen molar-refractivity contribution in [2.45, 2.75) is 0 Å². The maximum absolute atomic E-state index is 6.63. The first-order valence-electron chi connectivity index (χ1n) is 15.5. The van der Waals surface area contributed by atoms with Crippen LogP contribution in [0.15, 0.2) is 153 Å². The third-order valence-electron chi connectivity index (χ3n) is 9.61.